The Morgan fingerprint density at radius 1 is 1.30 bits per heavy atom. The molecule has 1 aromatic heterocycles. The molecule has 3 aromatic rings. The molecule has 0 fully saturated rings. The number of anilines is 1. The van der Waals surface area contributed by atoms with Gasteiger partial charge in [0.15, 0.2) is 23.4 Å². The van der Waals surface area contributed by atoms with Gasteiger partial charge >= 0.3 is 0 Å². The highest BCUT2D eigenvalue weighted by atomic mass is 16.6. The van der Waals surface area contributed by atoms with Crippen molar-refractivity contribution in [3.05, 3.63) is 72.6 Å². The number of nitrogens with one attached hydrogen (secondary N) is 2. The highest BCUT2D eigenvalue weighted by Crippen LogP contribution is 2.41. The van der Waals surface area contributed by atoms with Crippen molar-refractivity contribution in [2.24, 2.45) is 0 Å². The van der Waals surface area contributed by atoms with E-state index in [9.17, 15) is 4.79 Å². The Bertz CT molecular complexity index is 1050. The number of carbonyl (C=O) groups is 1. The number of hydrogen-bond donors (Lipinski definition) is 2. The molecule has 4 rings (SSSR count). The molecule has 0 spiro atoms. The van der Waals surface area contributed by atoms with Gasteiger partial charge in [-0.3, -0.25) is 4.79 Å². The van der Waals surface area contributed by atoms with Gasteiger partial charge in [-0.25, -0.2) is 5.10 Å². The van der Waals surface area contributed by atoms with Crippen LogP contribution in [0, 0.1) is 0 Å². The third-order valence-electron chi connectivity index (χ3n) is 4.23. The molecule has 0 radical (unpaired) electrons. The minimum Gasteiger partial charge on any atom is -0.490 e. The van der Waals surface area contributed by atoms with Gasteiger partial charge in [0.05, 0.1) is 5.69 Å². The third kappa shape index (κ3) is 4.46. The third-order valence-corrected chi connectivity index (χ3v) is 4.23. The molecule has 0 saturated carbocycles. The first-order valence-electron chi connectivity index (χ1n) is 9.22. The standard InChI is InChI=1S/C21H19N5O4/c1-2-12-28-15-9-6-14(7-10-15)8-11-19(27)22-16-4-3-5-17-20(16)30-18(13-29-17)21-23-25-26-24-21/h2-11,18H,1,12-13H2,(H,22,27)(H,23,24,25,26). The molecule has 9 nitrogen and oxygen atoms in total. The Hall–Kier alpha value is -4.14. The van der Waals surface area contributed by atoms with E-state index in [1.54, 1.807) is 30.4 Å². The number of tetrazole rings is 1. The number of benzene rings is 2. The molecule has 2 N–H and O–H groups in total. The van der Waals surface area contributed by atoms with Crippen LogP contribution in [-0.4, -0.2) is 39.7 Å². The average molecular weight is 405 g/mol. The molecule has 1 unspecified atom stereocenters. The van der Waals surface area contributed by atoms with Crippen molar-refractivity contribution in [3.8, 4) is 17.2 Å². The first kappa shape index (κ1) is 19.2. The topological polar surface area (TPSA) is 111 Å². The Morgan fingerprint density at radius 3 is 2.93 bits per heavy atom. The second-order valence-electron chi connectivity index (χ2n) is 6.33. The quantitative estimate of drug-likeness (QED) is 0.459. The second-order valence-corrected chi connectivity index (χ2v) is 6.33. The van der Waals surface area contributed by atoms with Gasteiger partial charge in [0.2, 0.25) is 5.91 Å². The predicted octanol–water partition coefficient (Wildman–Crippen LogP) is 2.93. The van der Waals surface area contributed by atoms with Gasteiger partial charge in [0.1, 0.15) is 19.0 Å². The first-order valence-corrected chi connectivity index (χ1v) is 9.22. The molecule has 2 heterocycles. The highest BCUT2D eigenvalue weighted by molar-refractivity contribution is 6.03. The summed E-state index contributed by atoms with van der Waals surface area (Å²) in [5.74, 6) is 1.84. The molecule has 1 aliphatic heterocycles. The highest BCUT2D eigenvalue weighted by Gasteiger charge is 2.27. The molecule has 0 saturated heterocycles. The monoisotopic (exact) mass is 405 g/mol. The number of aromatic nitrogens is 4. The Kier molecular flexibility index (Phi) is 5.70. The van der Waals surface area contributed by atoms with E-state index in [-0.39, 0.29) is 12.5 Å². The maximum atomic E-state index is 12.4. The van der Waals surface area contributed by atoms with Crippen molar-refractivity contribution in [3.63, 3.8) is 0 Å². The fraction of sp³-hybridized carbons (Fsp3) is 0.143. The fourth-order valence-electron chi connectivity index (χ4n) is 2.81. The van der Waals surface area contributed by atoms with Crippen LogP contribution in [0.4, 0.5) is 5.69 Å². The summed E-state index contributed by atoms with van der Waals surface area (Å²) in [5.41, 5.74) is 1.36. The van der Waals surface area contributed by atoms with Crippen molar-refractivity contribution in [2.75, 3.05) is 18.5 Å². The zero-order chi connectivity index (χ0) is 20.8. The van der Waals surface area contributed by atoms with Crippen molar-refractivity contribution in [1.29, 1.82) is 0 Å². The number of fused-ring (bicyclic) bond motifs is 1. The maximum Gasteiger partial charge on any atom is 0.248 e. The van der Waals surface area contributed by atoms with E-state index in [2.05, 4.69) is 32.5 Å². The van der Waals surface area contributed by atoms with Crippen LogP contribution in [0.2, 0.25) is 0 Å². The number of ether oxygens (including phenoxy) is 3. The van der Waals surface area contributed by atoms with E-state index in [1.807, 2.05) is 24.3 Å². The average Bonchev–Trinajstić information content (AvgIpc) is 3.32. The minimum absolute atomic E-state index is 0.258. The number of nitrogens with zero attached hydrogens (tertiary/aromatic N) is 3. The second kappa shape index (κ2) is 8.91. The lowest BCUT2D eigenvalue weighted by Crippen LogP contribution is -2.24. The Balaban J connectivity index is 1.43. The lowest BCUT2D eigenvalue weighted by Gasteiger charge is -2.26. The summed E-state index contributed by atoms with van der Waals surface area (Å²) < 4.78 is 17.1. The van der Waals surface area contributed by atoms with E-state index < -0.39 is 6.10 Å². The Labute approximate surface area is 172 Å². The lowest BCUT2D eigenvalue weighted by molar-refractivity contribution is -0.111. The van der Waals surface area contributed by atoms with Crippen LogP contribution >= 0.6 is 0 Å². The normalized spacial score (nSPS) is 15.0. The predicted molar refractivity (Wildman–Crippen MR) is 109 cm³/mol. The molecule has 152 valence electrons. The van der Waals surface area contributed by atoms with Gasteiger partial charge in [0, 0.05) is 6.08 Å². The molecular weight excluding hydrogens is 386 g/mol. The van der Waals surface area contributed by atoms with Gasteiger partial charge in [-0.05, 0) is 46.3 Å². The molecular formula is C21H19N5O4. The van der Waals surface area contributed by atoms with Gasteiger partial charge in [-0.1, -0.05) is 30.9 Å². The minimum atomic E-state index is -0.497. The number of para-hydroxylation sites is 1. The smallest absolute Gasteiger partial charge is 0.248 e. The number of carbonyl (C=O) groups excluding carboxylic acids is 1. The van der Waals surface area contributed by atoms with Gasteiger partial charge in [-0.2, -0.15) is 0 Å². The number of H-pyrrole nitrogens is 1. The van der Waals surface area contributed by atoms with E-state index in [0.29, 0.717) is 29.6 Å². The van der Waals surface area contributed by atoms with Gasteiger partial charge in [-0.15, -0.1) is 5.10 Å². The molecule has 9 heteroatoms. The van der Waals surface area contributed by atoms with Crippen LogP contribution in [0.3, 0.4) is 0 Å². The van der Waals surface area contributed by atoms with Crippen LogP contribution in [-0.2, 0) is 4.79 Å². The van der Waals surface area contributed by atoms with E-state index >= 15 is 0 Å². The van der Waals surface area contributed by atoms with Crippen molar-refractivity contribution in [2.45, 2.75) is 6.10 Å². The molecule has 0 aliphatic carbocycles. The SMILES string of the molecule is C=CCOc1ccc(C=CC(=O)Nc2cccc3c2OC(c2nnn[nH]2)CO3)cc1. The van der Waals surface area contributed by atoms with Gasteiger partial charge in [0.25, 0.3) is 0 Å². The summed E-state index contributed by atoms with van der Waals surface area (Å²) in [4.78, 5) is 12.4. The zero-order valence-corrected chi connectivity index (χ0v) is 15.9. The van der Waals surface area contributed by atoms with E-state index in [1.165, 1.54) is 6.08 Å². The van der Waals surface area contributed by atoms with Crippen molar-refractivity contribution < 1.29 is 19.0 Å². The molecule has 0 bridgehead atoms. The number of amides is 1. The number of rotatable bonds is 7. The zero-order valence-electron chi connectivity index (χ0n) is 15.9. The van der Waals surface area contributed by atoms with Crippen LogP contribution in [0.5, 0.6) is 17.2 Å². The summed E-state index contributed by atoms with van der Waals surface area (Å²) >= 11 is 0. The van der Waals surface area contributed by atoms with Crippen LogP contribution < -0.4 is 19.5 Å². The van der Waals surface area contributed by atoms with Crippen LogP contribution in [0.25, 0.3) is 6.08 Å². The molecule has 1 aliphatic rings. The summed E-state index contributed by atoms with van der Waals surface area (Å²) in [6.07, 6.45) is 4.34. The summed E-state index contributed by atoms with van der Waals surface area (Å²) in [6, 6.07) is 12.7. The molecule has 1 amide bonds. The maximum absolute atomic E-state index is 12.4. The molecule has 2 aromatic carbocycles. The fourth-order valence-corrected chi connectivity index (χ4v) is 2.81. The van der Waals surface area contributed by atoms with Crippen molar-refractivity contribution >= 4 is 17.7 Å². The van der Waals surface area contributed by atoms with Crippen LogP contribution in [0.1, 0.15) is 17.5 Å². The van der Waals surface area contributed by atoms with E-state index in [4.69, 9.17) is 14.2 Å². The summed E-state index contributed by atoms with van der Waals surface area (Å²) in [7, 11) is 0. The number of hydrogen-bond acceptors (Lipinski definition) is 7. The molecule has 1 atom stereocenters. The molecule has 30 heavy (non-hydrogen) atoms. The van der Waals surface area contributed by atoms with Crippen molar-refractivity contribution in [1.82, 2.24) is 20.6 Å². The Morgan fingerprint density at radius 2 is 2.17 bits per heavy atom. The summed E-state index contributed by atoms with van der Waals surface area (Å²) in [5, 5.41) is 16.4. The van der Waals surface area contributed by atoms with Crippen LogP contribution in [0.15, 0.2) is 61.2 Å². The van der Waals surface area contributed by atoms with Gasteiger partial charge < -0.3 is 19.5 Å². The lowest BCUT2D eigenvalue weighted by atomic mass is 10.2. The van der Waals surface area contributed by atoms with E-state index in [0.717, 1.165) is 11.3 Å². The first-order chi connectivity index (χ1) is 14.7. The summed E-state index contributed by atoms with van der Waals surface area (Å²) in [6.45, 7) is 4.31. The largest absolute Gasteiger partial charge is 0.490 e. The number of aromatic amines is 1.